The summed E-state index contributed by atoms with van der Waals surface area (Å²) in [4.78, 5) is 28.4. The lowest BCUT2D eigenvalue weighted by molar-refractivity contribution is -0.140. The molecule has 0 saturated heterocycles. The van der Waals surface area contributed by atoms with Crippen LogP contribution in [0, 0.1) is 3.57 Å². The Labute approximate surface area is 238 Å². The molecule has 0 aliphatic heterocycles. The second-order valence-corrected chi connectivity index (χ2v) is 11.6. The standard InChI is InChI=1S/C28H32IN3O5S/c1-4-26(28(34)30-5-2)31(19-21-11-17-24(37-3)18-12-21)27(33)20-32(23-15-13-22(29)14-16-23)38(35,36)25-9-7-6-8-10-25/h6-18,26H,4-5,19-20H2,1-3H3,(H,30,34)/t26-/m1/s1. The summed E-state index contributed by atoms with van der Waals surface area (Å²) in [5.74, 6) is -0.109. The minimum absolute atomic E-state index is 0.0730. The van der Waals surface area contributed by atoms with Crippen LogP contribution >= 0.6 is 22.6 Å². The number of halogens is 1. The monoisotopic (exact) mass is 649 g/mol. The van der Waals surface area contributed by atoms with Gasteiger partial charge < -0.3 is 15.0 Å². The number of ether oxygens (including phenoxy) is 1. The maximum Gasteiger partial charge on any atom is 0.264 e. The van der Waals surface area contributed by atoms with Crippen LogP contribution in [-0.2, 0) is 26.2 Å². The van der Waals surface area contributed by atoms with Gasteiger partial charge >= 0.3 is 0 Å². The van der Waals surface area contributed by atoms with Gasteiger partial charge in [-0.2, -0.15) is 0 Å². The number of carbonyl (C=O) groups excluding carboxylic acids is 2. The zero-order valence-corrected chi connectivity index (χ0v) is 24.6. The van der Waals surface area contributed by atoms with Crippen LogP contribution in [0.3, 0.4) is 0 Å². The molecule has 0 saturated carbocycles. The summed E-state index contributed by atoms with van der Waals surface area (Å²) >= 11 is 2.14. The van der Waals surface area contributed by atoms with Crippen LogP contribution in [0.4, 0.5) is 5.69 Å². The van der Waals surface area contributed by atoms with Gasteiger partial charge in [-0.25, -0.2) is 8.42 Å². The molecule has 0 aliphatic carbocycles. The first-order valence-electron chi connectivity index (χ1n) is 12.2. The topological polar surface area (TPSA) is 96.0 Å². The molecule has 0 bridgehead atoms. The molecule has 1 N–H and O–H groups in total. The van der Waals surface area contributed by atoms with Crippen molar-refractivity contribution in [3.05, 3.63) is 88.0 Å². The van der Waals surface area contributed by atoms with E-state index in [1.165, 1.54) is 17.0 Å². The number of hydrogen-bond donors (Lipinski definition) is 1. The SMILES string of the molecule is CCNC(=O)[C@@H](CC)N(Cc1ccc(OC)cc1)C(=O)CN(c1ccc(I)cc1)S(=O)(=O)c1ccccc1. The molecule has 0 aromatic heterocycles. The fraction of sp³-hybridized carbons (Fsp3) is 0.286. The van der Waals surface area contributed by atoms with Crippen LogP contribution in [0.5, 0.6) is 5.75 Å². The van der Waals surface area contributed by atoms with Crippen molar-refractivity contribution in [3.63, 3.8) is 0 Å². The van der Waals surface area contributed by atoms with E-state index in [4.69, 9.17) is 4.74 Å². The summed E-state index contributed by atoms with van der Waals surface area (Å²) in [6, 6.07) is 21.3. The molecular formula is C28H32IN3O5S. The number of nitrogens with zero attached hydrogens (tertiary/aromatic N) is 2. The Morgan fingerprint density at radius 1 is 0.947 bits per heavy atom. The first-order chi connectivity index (χ1) is 18.2. The van der Waals surface area contributed by atoms with Gasteiger partial charge in [-0.3, -0.25) is 13.9 Å². The zero-order valence-electron chi connectivity index (χ0n) is 21.6. The van der Waals surface area contributed by atoms with E-state index >= 15 is 0 Å². The molecular weight excluding hydrogens is 617 g/mol. The lowest BCUT2D eigenvalue weighted by Crippen LogP contribution is -2.52. The van der Waals surface area contributed by atoms with Gasteiger partial charge in [0.05, 0.1) is 17.7 Å². The van der Waals surface area contributed by atoms with Gasteiger partial charge in [0.2, 0.25) is 11.8 Å². The first kappa shape index (κ1) is 29.4. The van der Waals surface area contributed by atoms with Crippen LogP contribution in [0.1, 0.15) is 25.8 Å². The van der Waals surface area contributed by atoms with E-state index in [1.54, 1.807) is 61.7 Å². The van der Waals surface area contributed by atoms with E-state index in [-0.39, 0.29) is 17.3 Å². The summed E-state index contributed by atoms with van der Waals surface area (Å²) < 4.78 is 34.7. The maximum atomic E-state index is 13.9. The zero-order chi connectivity index (χ0) is 27.7. The number of carbonyl (C=O) groups is 2. The predicted molar refractivity (Wildman–Crippen MR) is 156 cm³/mol. The average molecular weight is 650 g/mol. The van der Waals surface area contributed by atoms with E-state index in [0.29, 0.717) is 24.4 Å². The fourth-order valence-corrected chi connectivity index (χ4v) is 5.79. The van der Waals surface area contributed by atoms with Gasteiger partial charge in [0.1, 0.15) is 18.3 Å². The molecule has 2 amide bonds. The Balaban J connectivity index is 2.03. The Morgan fingerprint density at radius 3 is 2.13 bits per heavy atom. The molecule has 0 unspecified atom stereocenters. The molecule has 3 aromatic rings. The Bertz CT molecular complexity index is 1320. The third kappa shape index (κ3) is 7.25. The van der Waals surface area contributed by atoms with Crippen LogP contribution in [0.15, 0.2) is 83.8 Å². The summed E-state index contributed by atoms with van der Waals surface area (Å²) in [6.07, 6.45) is 0.364. The number of likely N-dealkylation sites (N-methyl/N-ethyl adjacent to an activating group) is 1. The molecule has 0 radical (unpaired) electrons. The summed E-state index contributed by atoms with van der Waals surface area (Å²) in [7, 11) is -2.51. The molecule has 0 spiro atoms. The summed E-state index contributed by atoms with van der Waals surface area (Å²) in [6.45, 7) is 3.71. The number of methoxy groups -OCH3 is 1. The maximum absolute atomic E-state index is 13.9. The van der Waals surface area contributed by atoms with Crippen molar-refractivity contribution in [2.45, 2.75) is 37.8 Å². The molecule has 10 heteroatoms. The minimum Gasteiger partial charge on any atom is -0.497 e. The second-order valence-electron chi connectivity index (χ2n) is 8.49. The van der Waals surface area contributed by atoms with Crippen molar-refractivity contribution in [1.29, 1.82) is 0 Å². The molecule has 202 valence electrons. The second kappa shape index (κ2) is 13.6. The third-order valence-electron chi connectivity index (χ3n) is 5.97. The van der Waals surface area contributed by atoms with Crippen LogP contribution in [-0.4, -0.2) is 51.4 Å². The van der Waals surface area contributed by atoms with E-state index in [1.807, 2.05) is 26.0 Å². The average Bonchev–Trinajstić information content (AvgIpc) is 2.93. The number of rotatable bonds is 12. The number of benzene rings is 3. The van der Waals surface area contributed by atoms with E-state index in [2.05, 4.69) is 27.9 Å². The van der Waals surface area contributed by atoms with Crippen molar-refractivity contribution in [1.82, 2.24) is 10.2 Å². The normalized spacial score (nSPS) is 11.9. The van der Waals surface area contributed by atoms with Gasteiger partial charge in [0.15, 0.2) is 0 Å². The minimum atomic E-state index is -4.07. The van der Waals surface area contributed by atoms with Gasteiger partial charge in [-0.1, -0.05) is 37.3 Å². The van der Waals surface area contributed by atoms with E-state index in [9.17, 15) is 18.0 Å². The number of anilines is 1. The van der Waals surface area contributed by atoms with Gasteiger partial charge in [0, 0.05) is 16.7 Å². The predicted octanol–water partition coefficient (Wildman–Crippen LogP) is 4.44. The van der Waals surface area contributed by atoms with E-state index < -0.39 is 28.5 Å². The molecule has 3 rings (SSSR count). The fourth-order valence-electron chi connectivity index (χ4n) is 3.99. The van der Waals surface area contributed by atoms with Crippen LogP contribution < -0.4 is 14.4 Å². The van der Waals surface area contributed by atoms with Crippen molar-refractivity contribution < 1.29 is 22.7 Å². The van der Waals surface area contributed by atoms with Crippen molar-refractivity contribution in [3.8, 4) is 5.75 Å². The molecule has 0 aliphatic rings. The number of sulfonamides is 1. The quantitative estimate of drug-likeness (QED) is 0.293. The number of amides is 2. The van der Waals surface area contributed by atoms with Gasteiger partial charge in [-0.15, -0.1) is 0 Å². The molecule has 0 heterocycles. The van der Waals surface area contributed by atoms with Crippen molar-refractivity contribution >= 4 is 50.1 Å². The molecule has 8 nitrogen and oxygen atoms in total. The van der Waals surface area contributed by atoms with E-state index in [0.717, 1.165) is 13.4 Å². The third-order valence-corrected chi connectivity index (χ3v) is 8.48. The highest BCUT2D eigenvalue weighted by Crippen LogP contribution is 2.25. The molecule has 1 atom stereocenters. The van der Waals surface area contributed by atoms with Crippen LogP contribution in [0.2, 0.25) is 0 Å². The van der Waals surface area contributed by atoms with Gasteiger partial charge in [0.25, 0.3) is 10.0 Å². The Kier molecular flexibility index (Phi) is 10.5. The van der Waals surface area contributed by atoms with Gasteiger partial charge in [-0.05, 0) is 90.0 Å². The van der Waals surface area contributed by atoms with Crippen LogP contribution in [0.25, 0.3) is 0 Å². The molecule has 38 heavy (non-hydrogen) atoms. The Morgan fingerprint density at radius 2 is 1.58 bits per heavy atom. The molecule has 0 fully saturated rings. The summed E-state index contributed by atoms with van der Waals surface area (Å²) in [5.41, 5.74) is 1.15. The lowest BCUT2D eigenvalue weighted by Gasteiger charge is -2.33. The Hall–Kier alpha value is -3.12. The highest BCUT2D eigenvalue weighted by atomic mass is 127. The lowest BCUT2D eigenvalue weighted by atomic mass is 10.1. The first-order valence-corrected chi connectivity index (χ1v) is 14.8. The number of hydrogen-bond acceptors (Lipinski definition) is 5. The highest BCUT2D eigenvalue weighted by molar-refractivity contribution is 14.1. The highest BCUT2D eigenvalue weighted by Gasteiger charge is 2.33. The largest absolute Gasteiger partial charge is 0.497 e. The van der Waals surface area contributed by atoms with Crippen molar-refractivity contribution in [2.75, 3.05) is 24.5 Å². The molecule has 3 aromatic carbocycles. The summed E-state index contributed by atoms with van der Waals surface area (Å²) in [5, 5.41) is 2.80. The smallest absolute Gasteiger partial charge is 0.264 e. The number of nitrogens with one attached hydrogen (secondary N) is 1. The van der Waals surface area contributed by atoms with Crippen molar-refractivity contribution in [2.24, 2.45) is 0 Å².